The van der Waals surface area contributed by atoms with Crippen LogP contribution in [0.3, 0.4) is 0 Å². The lowest BCUT2D eigenvalue weighted by Gasteiger charge is -2.28. The SMILES string of the molecule is C[C@H](Sc1nnc(N2CCOCC2)n1-c1cccc(F)c1)C(=O)NC(N)=O. The van der Waals surface area contributed by atoms with E-state index in [1.54, 1.807) is 23.6 Å². The van der Waals surface area contributed by atoms with Crippen LogP contribution in [-0.4, -0.2) is 58.3 Å². The third kappa shape index (κ3) is 4.55. The fraction of sp³-hybridized carbons (Fsp3) is 0.375. The predicted molar refractivity (Wildman–Crippen MR) is 97.4 cm³/mol. The van der Waals surface area contributed by atoms with Crippen LogP contribution in [0.2, 0.25) is 0 Å². The maximum atomic E-state index is 13.8. The summed E-state index contributed by atoms with van der Waals surface area (Å²) in [6.45, 7) is 3.96. The molecule has 0 radical (unpaired) electrons. The van der Waals surface area contributed by atoms with Crippen LogP contribution in [0, 0.1) is 5.82 Å². The maximum Gasteiger partial charge on any atom is 0.318 e. The lowest BCUT2D eigenvalue weighted by Crippen LogP contribution is -2.39. The topological polar surface area (TPSA) is 115 Å². The van der Waals surface area contributed by atoms with Crippen molar-refractivity contribution < 1.29 is 18.7 Å². The molecular weight excluding hydrogens is 375 g/mol. The highest BCUT2D eigenvalue weighted by atomic mass is 32.2. The van der Waals surface area contributed by atoms with Crippen molar-refractivity contribution in [1.82, 2.24) is 20.1 Å². The molecule has 2 heterocycles. The lowest BCUT2D eigenvalue weighted by molar-refractivity contribution is -0.119. The molecule has 0 aliphatic carbocycles. The predicted octanol–water partition coefficient (Wildman–Crippen LogP) is 0.919. The number of urea groups is 1. The number of hydrogen-bond acceptors (Lipinski definition) is 7. The third-order valence-electron chi connectivity index (χ3n) is 3.87. The number of anilines is 1. The Balaban J connectivity index is 1.94. The summed E-state index contributed by atoms with van der Waals surface area (Å²) in [5.74, 6) is -0.410. The monoisotopic (exact) mass is 394 g/mol. The Labute approximate surface area is 159 Å². The van der Waals surface area contributed by atoms with Gasteiger partial charge in [-0.25, -0.2) is 9.18 Å². The first-order valence-corrected chi connectivity index (χ1v) is 9.14. The number of carbonyl (C=O) groups is 2. The van der Waals surface area contributed by atoms with Gasteiger partial charge in [0.05, 0.1) is 24.2 Å². The molecule has 3 rings (SSSR count). The molecule has 1 aliphatic rings. The van der Waals surface area contributed by atoms with Gasteiger partial charge in [0, 0.05) is 13.1 Å². The molecule has 1 saturated heterocycles. The van der Waals surface area contributed by atoms with Crippen LogP contribution in [0.1, 0.15) is 6.92 Å². The first kappa shape index (κ1) is 19.1. The normalized spacial score (nSPS) is 15.4. The molecule has 1 aromatic heterocycles. The summed E-state index contributed by atoms with van der Waals surface area (Å²) >= 11 is 1.09. The van der Waals surface area contributed by atoms with Gasteiger partial charge < -0.3 is 15.4 Å². The summed E-state index contributed by atoms with van der Waals surface area (Å²) < 4.78 is 20.8. The number of ether oxygens (including phenoxy) is 1. The van der Waals surface area contributed by atoms with Gasteiger partial charge >= 0.3 is 6.03 Å². The number of thioether (sulfide) groups is 1. The molecule has 1 fully saturated rings. The van der Waals surface area contributed by atoms with Gasteiger partial charge in [-0.15, -0.1) is 10.2 Å². The minimum Gasteiger partial charge on any atom is -0.378 e. The number of nitrogens with one attached hydrogen (secondary N) is 1. The van der Waals surface area contributed by atoms with Crippen molar-refractivity contribution in [3.63, 3.8) is 0 Å². The molecule has 1 aromatic carbocycles. The number of imide groups is 1. The lowest BCUT2D eigenvalue weighted by atomic mass is 10.3. The van der Waals surface area contributed by atoms with Crippen molar-refractivity contribution in [2.45, 2.75) is 17.3 Å². The van der Waals surface area contributed by atoms with Crippen LogP contribution in [0.25, 0.3) is 5.69 Å². The number of benzene rings is 1. The van der Waals surface area contributed by atoms with Gasteiger partial charge in [0.1, 0.15) is 5.82 Å². The number of amides is 3. The van der Waals surface area contributed by atoms with Crippen molar-refractivity contribution in [2.24, 2.45) is 5.73 Å². The average Bonchev–Trinajstić information content (AvgIpc) is 3.05. The number of aromatic nitrogens is 3. The zero-order valence-corrected chi connectivity index (χ0v) is 15.4. The smallest absolute Gasteiger partial charge is 0.318 e. The van der Waals surface area contributed by atoms with E-state index in [-0.39, 0.29) is 0 Å². The summed E-state index contributed by atoms with van der Waals surface area (Å²) in [6.07, 6.45) is 0. The first-order valence-electron chi connectivity index (χ1n) is 8.26. The molecule has 27 heavy (non-hydrogen) atoms. The molecule has 144 valence electrons. The quantitative estimate of drug-likeness (QED) is 0.725. The van der Waals surface area contributed by atoms with Crippen molar-refractivity contribution in [3.8, 4) is 5.69 Å². The average molecular weight is 394 g/mol. The van der Waals surface area contributed by atoms with Gasteiger partial charge in [-0.2, -0.15) is 0 Å². The van der Waals surface area contributed by atoms with E-state index in [0.717, 1.165) is 11.8 Å². The highest BCUT2D eigenvalue weighted by molar-refractivity contribution is 8.00. The molecule has 3 amide bonds. The van der Waals surface area contributed by atoms with E-state index in [2.05, 4.69) is 10.2 Å². The summed E-state index contributed by atoms with van der Waals surface area (Å²) in [6, 6.07) is 5.11. The fourth-order valence-electron chi connectivity index (χ4n) is 2.58. The molecule has 9 nitrogen and oxygen atoms in total. The number of halogens is 1. The second-order valence-corrected chi connectivity index (χ2v) is 7.12. The van der Waals surface area contributed by atoms with E-state index in [1.807, 2.05) is 10.2 Å². The molecule has 3 N–H and O–H groups in total. The summed E-state index contributed by atoms with van der Waals surface area (Å²) in [4.78, 5) is 24.9. The molecule has 0 bridgehead atoms. The Bertz CT molecular complexity index is 839. The molecule has 0 spiro atoms. The van der Waals surface area contributed by atoms with Crippen molar-refractivity contribution in [3.05, 3.63) is 30.1 Å². The van der Waals surface area contributed by atoms with E-state index in [1.165, 1.54) is 12.1 Å². The third-order valence-corrected chi connectivity index (χ3v) is 4.92. The van der Waals surface area contributed by atoms with Gasteiger partial charge in [-0.05, 0) is 25.1 Å². The molecular formula is C16H19FN6O3S. The zero-order chi connectivity index (χ0) is 19.4. The van der Waals surface area contributed by atoms with Crippen LogP contribution in [0.5, 0.6) is 0 Å². The number of primary amides is 1. The van der Waals surface area contributed by atoms with Crippen LogP contribution < -0.4 is 16.0 Å². The molecule has 2 aromatic rings. The second kappa shape index (κ2) is 8.35. The van der Waals surface area contributed by atoms with Gasteiger partial charge in [0.15, 0.2) is 5.16 Å². The first-order chi connectivity index (χ1) is 13.0. The Morgan fingerprint density at radius 3 is 2.74 bits per heavy atom. The number of nitrogens with zero attached hydrogens (tertiary/aromatic N) is 4. The van der Waals surface area contributed by atoms with Gasteiger partial charge in [0.2, 0.25) is 11.9 Å². The van der Waals surface area contributed by atoms with Crippen molar-refractivity contribution in [1.29, 1.82) is 0 Å². The summed E-state index contributed by atoms with van der Waals surface area (Å²) in [5.41, 5.74) is 5.52. The van der Waals surface area contributed by atoms with E-state index in [0.29, 0.717) is 43.1 Å². The fourth-order valence-corrected chi connectivity index (χ4v) is 3.45. The van der Waals surface area contributed by atoms with Crippen LogP contribution in [-0.2, 0) is 9.53 Å². The standard InChI is InChI=1S/C16H19FN6O3S/c1-10(13(24)19-14(18)25)27-16-21-20-15(22-5-7-26-8-6-22)23(16)12-4-2-3-11(17)9-12/h2-4,9-10H,5-8H2,1H3,(H3,18,19,24,25)/t10-/m0/s1. The number of carbonyl (C=O) groups excluding carboxylic acids is 2. The van der Waals surface area contributed by atoms with Crippen LogP contribution in [0.15, 0.2) is 29.4 Å². The largest absolute Gasteiger partial charge is 0.378 e. The number of morpholine rings is 1. The second-order valence-electron chi connectivity index (χ2n) is 5.81. The van der Waals surface area contributed by atoms with Gasteiger partial charge in [0.25, 0.3) is 0 Å². The Morgan fingerprint density at radius 2 is 2.07 bits per heavy atom. The number of hydrogen-bond donors (Lipinski definition) is 2. The van der Waals surface area contributed by atoms with Crippen molar-refractivity contribution in [2.75, 3.05) is 31.2 Å². The van der Waals surface area contributed by atoms with Crippen LogP contribution >= 0.6 is 11.8 Å². The summed E-state index contributed by atoms with van der Waals surface area (Å²) in [5, 5.41) is 10.2. The van der Waals surface area contributed by atoms with E-state index in [4.69, 9.17) is 10.5 Å². The van der Waals surface area contributed by atoms with Crippen LogP contribution in [0.4, 0.5) is 15.1 Å². The Morgan fingerprint density at radius 1 is 1.33 bits per heavy atom. The molecule has 0 saturated carbocycles. The minimum atomic E-state index is -0.923. The minimum absolute atomic E-state index is 0.397. The van der Waals surface area contributed by atoms with E-state index in [9.17, 15) is 14.0 Å². The number of rotatable bonds is 5. The van der Waals surface area contributed by atoms with E-state index >= 15 is 0 Å². The highest BCUT2D eigenvalue weighted by Gasteiger charge is 2.25. The molecule has 11 heteroatoms. The summed E-state index contributed by atoms with van der Waals surface area (Å²) in [7, 11) is 0. The van der Waals surface area contributed by atoms with Crippen molar-refractivity contribution >= 4 is 29.6 Å². The maximum absolute atomic E-state index is 13.8. The van der Waals surface area contributed by atoms with Gasteiger partial charge in [-0.1, -0.05) is 17.8 Å². The molecule has 1 aliphatic heterocycles. The van der Waals surface area contributed by atoms with E-state index < -0.39 is 23.0 Å². The van der Waals surface area contributed by atoms with Gasteiger partial charge in [-0.3, -0.25) is 14.7 Å². The number of nitrogens with two attached hydrogens (primary N) is 1. The molecule has 1 atom stereocenters. The molecule has 0 unspecified atom stereocenters. The Kier molecular flexibility index (Phi) is 5.91. The zero-order valence-electron chi connectivity index (χ0n) is 14.6. The highest BCUT2D eigenvalue weighted by Crippen LogP contribution is 2.29. The Hall–Kier alpha value is -2.66.